The Morgan fingerprint density at radius 3 is 2.62 bits per heavy atom. The third-order valence-corrected chi connectivity index (χ3v) is 3.22. The van der Waals surface area contributed by atoms with Gasteiger partial charge in [-0.25, -0.2) is 0 Å². The number of nitrogens with zero attached hydrogens (tertiary/aromatic N) is 1. The van der Waals surface area contributed by atoms with E-state index in [0.717, 1.165) is 12.3 Å². The summed E-state index contributed by atoms with van der Waals surface area (Å²) in [4.78, 5) is 4.09. The Bertz CT molecular complexity index is 276. The minimum Gasteiger partial charge on any atom is -0.324 e. The molecule has 4 heteroatoms. The molecule has 2 N–H and O–H groups in total. The molecule has 0 amide bonds. The Kier molecular flexibility index (Phi) is 7.73. The summed E-state index contributed by atoms with van der Waals surface area (Å²) in [5, 5.41) is 0. The predicted molar refractivity (Wildman–Crippen MR) is 72.2 cm³/mol. The van der Waals surface area contributed by atoms with Crippen molar-refractivity contribution in [3.63, 3.8) is 0 Å². The molecule has 92 valence electrons. The molecule has 1 aliphatic carbocycles. The topological polar surface area (TPSA) is 38.9 Å². The maximum Gasteiger partial charge on any atom is 0.0315 e. The molecule has 0 bridgehead atoms. The van der Waals surface area contributed by atoms with E-state index >= 15 is 0 Å². The smallest absolute Gasteiger partial charge is 0.0315 e. The van der Waals surface area contributed by atoms with Crippen LogP contribution in [0.15, 0.2) is 24.5 Å². The lowest BCUT2D eigenvalue weighted by molar-refractivity contribution is 0.282. The fourth-order valence-electron chi connectivity index (χ4n) is 1.96. The zero-order valence-electron chi connectivity index (χ0n) is 9.34. The maximum absolute atomic E-state index is 6.08. The van der Waals surface area contributed by atoms with Crippen LogP contribution in [0.25, 0.3) is 0 Å². The van der Waals surface area contributed by atoms with E-state index in [1.165, 1.54) is 31.2 Å². The molecule has 1 aromatic heterocycles. The third kappa shape index (κ3) is 4.28. The van der Waals surface area contributed by atoms with Crippen molar-refractivity contribution in [3.8, 4) is 0 Å². The number of halogens is 2. The summed E-state index contributed by atoms with van der Waals surface area (Å²) < 4.78 is 0. The molecule has 0 aliphatic heterocycles. The quantitative estimate of drug-likeness (QED) is 0.902. The summed E-state index contributed by atoms with van der Waals surface area (Å²) >= 11 is 0. The van der Waals surface area contributed by atoms with Gasteiger partial charge in [0, 0.05) is 18.4 Å². The molecule has 1 atom stereocenters. The van der Waals surface area contributed by atoms with E-state index in [9.17, 15) is 0 Å². The Morgan fingerprint density at radius 1 is 1.38 bits per heavy atom. The van der Waals surface area contributed by atoms with E-state index in [2.05, 4.69) is 11.1 Å². The van der Waals surface area contributed by atoms with E-state index < -0.39 is 0 Å². The highest BCUT2D eigenvalue weighted by molar-refractivity contribution is 5.85. The Balaban J connectivity index is 0.00000112. The van der Waals surface area contributed by atoms with Crippen LogP contribution in [0, 0.1) is 5.92 Å². The molecule has 0 aromatic carbocycles. The average molecular weight is 263 g/mol. The van der Waals surface area contributed by atoms with E-state index in [1.807, 2.05) is 12.3 Å². The lowest BCUT2D eigenvalue weighted by Gasteiger charge is -2.26. The second kappa shape index (κ2) is 7.88. The van der Waals surface area contributed by atoms with Crippen molar-refractivity contribution in [2.75, 3.05) is 0 Å². The Labute approximate surface area is 110 Å². The highest BCUT2D eigenvalue weighted by Crippen LogP contribution is 2.32. The first-order valence-electron chi connectivity index (χ1n) is 5.52. The number of hydrogen-bond acceptors (Lipinski definition) is 2. The Morgan fingerprint density at radius 2 is 2.12 bits per heavy atom. The SMILES string of the molecule is Cl.Cl.NC(CCC1CCC1)c1cccnc1. The molecule has 1 unspecified atom stereocenters. The molecule has 1 heterocycles. The van der Waals surface area contributed by atoms with E-state index in [0.29, 0.717) is 0 Å². The van der Waals surface area contributed by atoms with Gasteiger partial charge in [0.15, 0.2) is 0 Å². The van der Waals surface area contributed by atoms with Crippen LogP contribution >= 0.6 is 24.8 Å². The first-order valence-corrected chi connectivity index (χ1v) is 5.52. The standard InChI is InChI=1S/C12H18N2.2ClH/c13-12(7-6-10-3-1-4-10)11-5-2-8-14-9-11;;/h2,5,8-10,12H,1,3-4,6-7,13H2;2*1H. The number of rotatable bonds is 4. The van der Waals surface area contributed by atoms with Crippen molar-refractivity contribution in [2.45, 2.75) is 38.1 Å². The summed E-state index contributed by atoms with van der Waals surface area (Å²) in [6.45, 7) is 0. The molecule has 1 fully saturated rings. The molecule has 2 nitrogen and oxygen atoms in total. The van der Waals surface area contributed by atoms with Gasteiger partial charge in [0.2, 0.25) is 0 Å². The Hall–Kier alpha value is -0.310. The van der Waals surface area contributed by atoms with Gasteiger partial charge in [-0.2, -0.15) is 0 Å². The average Bonchev–Trinajstić information content (AvgIpc) is 2.16. The largest absolute Gasteiger partial charge is 0.324 e. The molecular formula is C12H20Cl2N2. The van der Waals surface area contributed by atoms with Gasteiger partial charge in [0.1, 0.15) is 0 Å². The van der Waals surface area contributed by atoms with Gasteiger partial charge in [-0.1, -0.05) is 25.3 Å². The van der Waals surface area contributed by atoms with Gasteiger partial charge < -0.3 is 5.73 Å². The number of pyridine rings is 1. The predicted octanol–water partition coefficient (Wildman–Crippen LogP) is 3.51. The first-order chi connectivity index (χ1) is 6.86. The molecule has 0 radical (unpaired) electrons. The molecular weight excluding hydrogens is 243 g/mol. The van der Waals surface area contributed by atoms with Crippen LogP contribution in [0.1, 0.15) is 43.7 Å². The maximum atomic E-state index is 6.08. The van der Waals surface area contributed by atoms with E-state index in [1.54, 1.807) is 6.20 Å². The lowest BCUT2D eigenvalue weighted by atomic mass is 9.81. The third-order valence-electron chi connectivity index (χ3n) is 3.22. The second-order valence-corrected chi connectivity index (χ2v) is 4.27. The zero-order valence-corrected chi connectivity index (χ0v) is 11.0. The summed E-state index contributed by atoms with van der Waals surface area (Å²) in [7, 11) is 0. The van der Waals surface area contributed by atoms with Gasteiger partial charge in [-0.3, -0.25) is 4.98 Å². The summed E-state index contributed by atoms with van der Waals surface area (Å²) in [6, 6.07) is 4.21. The summed E-state index contributed by atoms with van der Waals surface area (Å²) in [5.41, 5.74) is 7.26. The van der Waals surface area contributed by atoms with Crippen molar-refractivity contribution >= 4 is 24.8 Å². The lowest BCUT2D eigenvalue weighted by Crippen LogP contribution is -2.16. The first kappa shape index (κ1) is 15.7. The van der Waals surface area contributed by atoms with Crippen molar-refractivity contribution in [2.24, 2.45) is 11.7 Å². The van der Waals surface area contributed by atoms with Crippen LogP contribution in [0.2, 0.25) is 0 Å². The van der Waals surface area contributed by atoms with Crippen molar-refractivity contribution < 1.29 is 0 Å². The fourth-order valence-corrected chi connectivity index (χ4v) is 1.96. The molecule has 1 aromatic rings. The van der Waals surface area contributed by atoms with E-state index in [4.69, 9.17) is 5.73 Å². The van der Waals surface area contributed by atoms with E-state index in [-0.39, 0.29) is 30.9 Å². The minimum absolute atomic E-state index is 0. The van der Waals surface area contributed by atoms with Crippen molar-refractivity contribution in [1.29, 1.82) is 0 Å². The molecule has 1 saturated carbocycles. The van der Waals surface area contributed by atoms with Crippen molar-refractivity contribution in [3.05, 3.63) is 30.1 Å². The highest BCUT2D eigenvalue weighted by Gasteiger charge is 2.18. The zero-order chi connectivity index (χ0) is 9.80. The van der Waals surface area contributed by atoms with Gasteiger partial charge >= 0.3 is 0 Å². The van der Waals surface area contributed by atoms with Crippen LogP contribution in [0.3, 0.4) is 0 Å². The minimum atomic E-state index is 0. The molecule has 2 rings (SSSR count). The number of hydrogen-bond donors (Lipinski definition) is 1. The van der Waals surface area contributed by atoms with Crippen LogP contribution in [-0.2, 0) is 0 Å². The van der Waals surface area contributed by atoms with Crippen LogP contribution < -0.4 is 5.73 Å². The second-order valence-electron chi connectivity index (χ2n) is 4.27. The monoisotopic (exact) mass is 262 g/mol. The number of nitrogens with two attached hydrogens (primary N) is 1. The van der Waals surface area contributed by atoms with Crippen LogP contribution in [0.4, 0.5) is 0 Å². The fraction of sp³-hybridized carbons (Fsp3) is 0.583. The van der Waals surface area contributed by atoms with Crippen LogP contribution in [0.5, 0.6) is 0 Å². The van der Waals surface area contributed by atoms with Crippen LogP contribution in [-0.4, -0.2) is 4.98 Å². The van der Waals surface area contributed by atoms with Gasteiger partial charge in [-0.15, -0.1) is 24.8 Å². The van der Waals surface area contributed by atoms with Gasteiger partial charge in [0.05, 0.1) is 0 Å². The van der Waals surface area contributed by atoms with Gasteiger partial charge in [0.25, 0.3) is 0 Å². The van der Waals surface area contributed by atoms with Gasteiger partial charge in [-0.05, 0) is 30.4 Å². The summed E-state index contributed by atoms with van der Waals surface area (Å²) in [6.07, 6.45) is 10.3. The molecule has 1 aliphatic rings. The summed E-state index contributed by atoms with van der Waals surface area (Å²) in [5.74, 6) is 0.956. The highest BCUT2D eigenvalue weighted by atomic mass is 35.5. The molecule has 0 spiro atoms. The molecule has 16 heavy (non-hydrogen) atoms. The number of aromatic nitrogens is 1. The molecule has 0 saturated heterocycles. The van der Waals surface area contributed by atoms with Crippen molar-refractivity contribution in [1.82, 2.24) is 4.98 Å². The normalized spacial score (nSPS) is 16.6.